The van der Waals surface area contributed by atoms with Crippen LogP contribution in [0.2, 0.25) is 0 Å². The minimum atomic E-state index is 0.215. The lowest BCUT2D eigenvalue weighted by Gasteiger charge is -2.39. The summed E-state index contributed by atoms with van der Waals surface area (Å²) in [6, 6.07) is 0.895. The lowest BCUT2D eigenvalue weighted by molar-refractivity contribution is -0.132. The maximum atomic E-state index is 11.3. The van der Waals surface area contributed by atoms with E-state index in [1.165, 1.54) is 0 Å². The molecule has 1 aliphatic heterocycles. The minimum Gasteiger partial charge on any atom is -0.337 e. The summed E-state index contributed by atoms with van der Waals surface area (Å²) >= 11 is 0. The Bertz CT molecular complexity index is 182. The SMILES string of the molecule is CC[C@H]1CN(C(C)=O)[C@H](CC)CN1. The highest BCUT2D eigenvalue weighted by atomic mass is 16.2. The third-order valence-corrected chi connectivity index (χ3v) is 2.87. The number of nitrogens with one attached hydrogen (secondary N) is 1. The monoisotopic (exact) mass is 184 g/mol. The molecule has 0 aliphatic carbocycles. The summed E-state index contributed by atoms with van der Waals surface area (Å²) in [4.78, 5) is 13.3. The molecule has 1 aliphatic rings. The molecular weight excluding hydrogens is 164 g/mol. The number of piperazine rings is 1. The average Bonchev–Trinajstić information content (AvgIpc) is 2.16. The van der Waals surface area contributed by atoms with E-state index in [1.54, 1.807) is 6.92 Å². The van der Waals surface area contributed by atoms with Crippen LogP contribution < -0.4 is 5.32 Å². The molecule has 0 aromatic carbocycles. The van der Waals surface area contributed by atoms with Crippen LogP contribution in [0.15, 0.2) is 0 Å². The van der Waals surface area contributed by atoms with Gasteiger partial charge in [-0.25, -0.2) is 0 Å². The Balaban J connectivity index is 2.57. The molecule has 0 unspecified atom stereocenters. The lowest BCUT2D eigenvalue weighted by Crippen LogP contribution is -2.57. The summed E-state index contributed by atoms with van der Waals surface area (Å²) in [5, 5.41) is 3.46. The van der Waals surface area contributed by atoms with Crippen molar-refractivity contribution < 1.29 is 4.79 Å². The van der Waals surface area contributed by atoms with Crippen molar-refractivity contribution in [1.29, 1.82) is 0 Å². The van der Waals surface area contributed by atoms with E-state index in [-0.39, 0.29) is 5.91 Å². The van der Waals surface area contributed by atoms with Crippen molar-refractivity contribution in [3.05, 3.63) is 0 Å². The van der Waals surface area contributed by atoms with Gasteiger partial charge in [0.1, 0.15) is 0 Å². The molecule has 0 spiro atoms. The van der Waals surface area contributed by atoms with Gasteiger partial charge in [0.05, 0.1) is 0 Å². The third-order valence-electron chi connectivity index (χ3n) is 2.87. The predicted molar refractivity (Wildman–Crippen MR) is 53.5 cm³/mol. The Kier molecular flexibility index (Phi) is 3.72. The van der Waals surface area contributed by atoms with E-state index in [1.807, 2.05) is 4.90 Å². The molecule has 76 valence electrons. The van der Waals surface area contributed by atoms with Crippen LogP contribution in [0.5, 0.6) is 0 Å². The Hall–Kier alpha value is -0.570. The largest absolute Gasteiger partial charge is 0.337 e. The molecule has 1 N–H and O–H groups in total. The van der Waals surface area contributed by atoms with Crippen LogP contribution in [0.1, 0.15) is 33.6 Å². The second-order valence-corrected chi connectivity index (χ2v) is 3.75. The van der Waals surface area contributed by atoms with Crippen LogP contribution in [0.3, 0.4) is 0 Å². The Morgan fingerprint density at radius 3 is 2.62 bits per heavy atom. The number of hydrogen-bond acceptors (Lipinski definition) is 2. The maximum Gasteiger partial charge on any atom is 0.219 e. The molecule has 13 heavy (non-hydrogen) atoms. The first-order chi connectivity index (χ1) is 6.19. The van der Waals surface area contributed by atoms with Gasteiger partial charge >= 0.3 is 0 Å². The zero-order valence-electron chi connectivity index (χ0n) is 8.84. The molecule has 2 atom stereocenters. The molecule has 1 amide bonds. The second kappa shape index (κ2) is 4.61. The molecule has 1 saturated heterocycles. The summed E-state index contributed by atoms with van der Waals surface area (Å²) in [7, 11) is 0. The van der Waals surface area contributed by atoms with Gasteiger partial charge in [-0.05, 0) is 12.8 Å². The highest BCUT2D eigenvalue weighted by molar-refractivity contribution is 5.73. The Morgan fingerprint density at radius 2 is 2.15 bits per heavy atom. The molecule has 1 rings (SSSR count). The lowest BCUT2D eigenvalue weighted by atomic mass is 10.1. The molecule has 0 aromatic rings. The fraction of sp³-hybridized carbons (Fsp3) is 0.900. The number of rotatable bonds is 2. The zero-order chi connectivity index (χ0) is 9.84. The van der Waals surface area contributed by atoms with Gasteiger partial charge in [0.25, 0.3) is 0 Å². The van der Waals surface area contributed by atoms with E-state index in [4.69, 9.17) is 0 Å². The van der Waals surface area contributed by atoms with E-state index in [0.717, 1.165) is 25.9 Å². The van der Waals surface area contributed by atoms with Gasteiger partial charge in [-0.2, -0.15) is 0 Å². The molecule has 0 bridgehead atoms. The van der Waals surface area contributed by atoms with Crippen LogP contribution in [-0.4, -0.2) is 36.0 Å². The van der Waals surface area contributed by atoms with Crippen LogP contribution >= 0.6 is 0 Å². The van der Waals surface area contributed by atoms with E-state index < -0.39 is 0 Å². The van der Waals surface area contributed by atoms with Crippen molar-refractivity contribution in [1.82, 2.24) is 10.2 Å². The van der Waals surface area contributed by atoms with Gasteiger partial charge < -0.3 is 10.2 Å². The third kappa shape index (κ3) is 2.44. The van der Waals surface area contributed by atoms with E-state index in [0.29, 0.717) is 12.1 Å². The zero-order valence-corrected chi connectivity index (χ0v) is 8.84. The van der Waals surface area contributed by atoms with E-state index in [2.05, 4.69) is 19.2 Å². The quantitative estimate of drug-likeness (QED) is 0.694. The first kappa shape index (κ1) is 10.5. The van der Waals surface area contributed by atoms with Gasteiger partial charge in [-0.1, -0.05) is 13.8 Å². The number of amides is 1. The topological polar surface area (TPSA) is 32.3 Å². The maximum absolute atomic E-state index is 11.3. The molecule has 1 heterocycles. The summed E-state index contributed by atoms with van der Waals surface area (Å²) in [5.41, 5.74) is 0. The average molecular weight is 184 g/mol. The number of carbonyl (C=O) groups excluding carboxylic acids is 1. The normalized spacial score (nSPS) is 29.0. The van der Waals surface area contributed by atoms with Crippen LogP contribution in [0.25, 0.3) is 0 Å². The van der Waals surface area contributed by atoms with Crippen molar-refractivity contribution in [3.8, 4) is 0 Å². The predicted octanol–water partition coefficient (Wildman–Crippen LogP) is 0.995. The number of nitrogens with zero attached hydrogens (tertiary/aromatic N) is 1. The summed E-state index contributed by atoms with van der Waals surface area (Å²) in [5.74, 6) is 0.215. The first-order valence-electron chi connectivity index (χ1n) is 5.19. The van der Waals surface area contributed by atoms with Crippen LogP contribution in [-0.2, 0) is 4.79 Å². The summed E-state index contributed by atoms with van der Waals surface area (Å²) in [6.45, 7) is 7.79. The van der Waals surface area contributed by atoms with E-state index >= 15 is 0 Å². The second-order valence-electron chi connectivity index (χ2n) is 3.75. The van der Waals surface area contributed by atoms with Gasteiger partial charge in [-0.15, -0.1) is 0 Å². The van der Waals surface area contributed by atoms with Crippen LogP contribution in [0, 0.1) is 0 Å². The molecule has 1 fully saturated rings. The fourth-order valence-electron chi connectivity index (χ4n) is 1.89. The molecule has 0 saturated carbocycles. The first-order valence-corrected chi connectivity index (χ1v) is 5.19. The van der Waals surface area contributed by atoms with Crippen molar-refractivity contribution in [2.45, 2.75) is 45.7 Å². The van der Waals surface area contributed by atoms with Crippen LogP contribution in [0.4, 0.5) is 0 Å². The fourth-order valence-corrected chi connectivity index (χ4v) is 1.89. The van der Waals surface area contributed by atoms with Crippen molar-refractivity contribution >= 4 is 5.91 Å². The Morgan fingerprint density at radius 1 is 1.46 bits per heavy atom. The van der Waals surface area contributed by atoms with Gasteiger partial charge in [0.15, 0.2) is 0 Å². The van der Waals surface area contributed by atoms with Crippen molar-refractivity contribution in [2.24, 2.45) is 0 Å². The Labute approximate surface area is 80.5 Å². The standard InChI is InChI=1S/C10H20N2O/c1-4-9-7-12(8(3)13)10(5-2)6-11-9/h9-11H,4-7H2,1-3H3/t9-,10+/m0/s1. The van der Waals surface area contributed by atoms with Gasteiger partial charge in [0.2, 0.25) is 5.91 Å². The molecule has 0 radical (unpaired) electrons. The van der Waals surface area contributed by atoms with Gasteiger partial charge in [-0.3, -0.25) is 4.79 Å². The van der Waals surface area contributed by atoms with E-state index in [9.17, 15) is 4.79 Å². The number of hydrogen-bond donors (Lipinski definition) is 1. The number of carbonyl (C=O) groups is 1. The van der Waals surface area contributed by atoms with Crippen molar-refractivity contribution in [3.63, 3.8) is 0 Å². The molecule has 3 heteroatoms. The molecule has 0 aromatic heterocycles. The smallest absolute Gasteiger partial charge is 0.219 e. The molecule has 3 nitrogen and oxygen atoms in total. The summed E-state index contributed by atoms with van der Waals surface area (Å²) in [6.07, 6.45) is 2.14. The molecular formula is C10H20N2O. The van der Waals surface area contributed by atoms with Gasteiger partial charge in [0, 0.05) is 32.1 Å². The van der Waals surface area contributed by atoms with Crippen molar-refractivity contribution in [2.75, 3.05) is 13.1 Å². The highest BCUT2D eigenvalue weighted by Crippen LogP contribution is 2.11. The summed E-state index contributed by atoms with van der Waals surface area (Å²) < 4.78 is 0. The highest BCUT2D eigenvalue weighted by Gasteiger charge is 2.26. The minimum absolute atomic E-state index is 0.215.